The smallest absolute Gasteiger partial charge is 0.245 e. The maximum Gasteiger partial charge on any atom is 0.245 e. The molecule has 11 heteroatoms. The van der Waals surface area contributed by atoms with E-state index in [1.54, 1.807) is 32.7 Å². The molecule has 0 radical (unpaired) electrons. The van der Waals surface area contributed by atoms with E-state index in [9.17, 15) is 0 Å². The van der Waals surface area contributed by atoms with Crippen LogP contribution in [0.1, 0.15) is 25.7 Å². The van der Waals surface area contributed by atoms with Crippen LogP contribution in [0.2, 0.25) is 0 Å². The molecule has 0 aromatic carbocycles. The second-order valence-corrected chi connectivity index (χ2v) is 9.21. The van der Waals surface area contributed by atoms with E-state index in [1.807, 2.05) is 12.1 Å². The Kier molecular flexibility index (Phi) is 5.69. The van der Waals surface area contributed by atoms with Gasteiger partial charge in [0, 0.05) is 50.8 Å². The summed E-state index contributed by atoms with van der Waals surface area (Å²) in [6, 6.07) is 3.82. The quantitative estimate of drug-likeness (QED) is 0.371. The number of methoxy groups -OCH3 is 1. The van der Waals surface area contributed by atoms with E-state index >= 15 is 0 Å². The highest BCUT2D eigenvalue weighted by molar-refractivity contribution is 5.78. The van der Waals surface area contributed by atoms with Crippen molar-refractivity contribution < 1.29 is 9.47 Å². The predicted octanol–water partition coefficient (Wildman–Crippen LogP) is 2.89. The maximum atomic E-state index is 5.85. The van der Waals surface area contributed by atoms with Crippen molar-refractivity contribution in [1.82, 2.24) is 40.1 Å². The van der Waals surface area contributed by atoms with E-state index in [1.165, 1.54) is 30.5 Å². The number of rotatable bonds is 7. The highest BCUT2D eigenvalue weighted by Gasteiger charge is 2.34. The first kappa shape index (κ1) is 21.8. The third kappa shape index (κ3) is 4.51. The van der Waals surface area contributed by atoms with Crippen LogP contribution < -0.4 is 9.64 Å². The Hall–Kier alpha value is -3.73. The number of hydrogen-bond donors (Lipinski definition) is 0. The molecule has 6 rings (SSSR count). The molecule has 5 heterocycles. The van der Waals surface area contributed by atoms with Gasteiger partial charge < -0.3 is 14.4 Å². The molecule has 0 N–H and O–H groups in total. The fraction of sp³-hybridized carbons (Fsp3) is 0.458. The van der Waals surface area contributed by atoms with E-state index < -0.39 is 0 Å². The van der Waals surface area contributed by atoms with Crippen molar-refractivity contribution in [2.45, 2.75) is 25.7 Å². The van der Waals surface area contributed by atoms with Crippen LogP contribution in [0.15, 0.2) is 30.7 Å². The van der Waals surface area contributed by atoms with Crippen LogP contribution >= 0.6 is 0 Å². The van der Waals surface area contributed by atoms with Crippen molar-refractivity contribution >= 4 is 17.1 Å². The molecule has 2 aliphatic rings. The minimum absolute atomic E-state index is 0.0782. The van der Waals surface area contributed by atoms with Gasteiger partial charge in [-0.3, -0.25) is 0 Å². The Morgan fingerprint density at radius 2 is 1.80 bits per heavy atom. The Labute approximate surface area is 202 Å². The number of fused-ring (bicyclic) bond motifs is 1. The number of ether oxygens (including phenoxy) is 2. The number of nitrogens with zero attached hydrogens (tertiary/aromatic N) is 9. The van der Waals surface area contributed by atoms with Crippen molar-refractivity contribution in [3.05, 3.63) is 30.7 Å². The molecular weight excluding hydrogens is 446 g/mol. The van der Waals surface area contributed by atoms with Crippen molar-refractivity contribution in [3.8, 4) is 28.3 Å². The molecular formula is C24H27N9O2. The largest absolute Gasteiger partial charge is 0.465 e. The van der Waals surface area contributed by atoms with Crippen molar-refractivity contribution in [2.75, 3.05) is 31.9 Å². The van der Waals surface area contributed by atoms with Gasteiger partial charge in [-0.25, -0.2) is 15.0 Å². The van der Waals surface area contributed by atoms with Gasteiger partial charge in [-0.1, -0.05) is 0 Å². The number of aromatic nitrogens is 8. The van der Waals surface area contributed by atoms with Crippen LogP contribution in [0, 0.1) is 11.8 Å². The zero-order valence-corrected chi connectivity index (χ0v) is 19.8. The van der Waals surface area contributed by atoms with Gasteiger partial charge in [-0.05, 0) is 49.7 Å². The molecule has 1 saturated carbocycles. The summed E-state index contributed by atoms with van der Waals surface area (Å²) in [4.78, 5) is 17.4. The number of piperidine rings is 1. The number of pyridine rings is 2. The second kappa shape index (κ2) is 9.14. The lowest BCUT2D eigenvalue weighted by atomic mass is 9.94. The molecule has 35 heavy (non-hydrogen) atoms. The lowest BCUT2D eigenvalue weighted by molar-refractivity contribution is 0.0513. The van der Waals surface area contributed by atoms with Gasteiger partial charge in [-0.15, -0.1) is 15.3 Å². The monoisotopic (exact) mass is 473 g/mol. The average Bonchev–Trinajstić information content (AvgIpc) is 3.68. The van der Waals surface area contributed by atoms with E-state index in [0.29, 0.717) is 34.2 Å². The molecule has 11 nitrogen and oxygen atoms in total. The lowest BCUT2D eigenvalue weighted by Crippen LogP contribution is -2.37. The standard InChI is InChI=1S/C24H27N9O2/c1-32-30-19-8-17(11-26-23(19)31-32)18-9-21(35-14-34-2)22(25-10-18)20-12-27-24(29-28-20)33-7-3-4-16(13-33)15-5-6-15/h8-12,15-16H,3-7,13-14H2,1-2H3/t16-/m1/s1. The highest BCUT2D eigenvalue weighted by atomic mass is 16.7. The highest BCUT2D eigenvalue weighted by Crippen LogP contribution is 2.41. The molecule has 2 fully saturated rings. The second-order valence-electron chi connectivity index (χ2n) is 9.21. The van der Waals surface area contributed by atoms with Gasteiger partial charge >= 0.3 is 0 Å². The number of anilines is 1. The van der Waals surface area contributed by atoms with Crippen LogP contribution in [0.4, 0.5) is 5.95 Å². The zero-order valence-electron chi connectivity index (χ0n) is 19.8. The molecule has 0 amide bonds. The van der Waals surface area contributed by atoms with Gasteiger partial charge in [0.05, 0.1) is 6.20 Å². The summed E-state index contributed by atoms with van der Waals surface area (Å²) in [5, 5.41) is 17.5. The Morgan fingerprint density at radius 1 is 0.943 bits per heavy atom. The van der Waals surface area contributed by atoms with E-state index in [-0.39, 0.29) is 6.79 Å². The third-order valence-electron chi connectivity index (χ3n) is 6.68. The molecule has 1 saturated heterocycles. The van der Waals surface area contributed by atoms with Crippen LogP contribution in [0.25, 0.3) is 33.7 Å². The SMILES string of the molecule is COCOc1cc(-c2cnc3nn(C)nc3c2)cnc1-c1cnc(N2CCC[C@@H](C3CC3)C2)nn1. The summed E-state index contributed by atoms with van der Waals surface area (Å²) >= 11 is 0. The van der Waals surface area contributed by atoms with Crippen molar-refractivity contribution in [2.24, 2.45) is 18.9 Å². The normalized spacial score (nSPS) is 18.2. The molecule has 4 aromatic heterocycles. The topological polar surface area (TPSA) is 117 Å². The first-order valence-electron chi connectivity index (χ1n) is 11.9. The van der Waals surface area contributed by atoms with Crippen LogP contribution in [0.3, 0.4) is 0 Å². The van der Waals surface area contributed by atoms with Crippen LogP contribution in [-0.2, 0) is 11.8 Å². The minimum Gasteiger partial charge on any atom is -0.465 e. The fourth-order valence-corrected chi connectivity index (χ4v) is 4.76. The van der Waals surface area contributed by atoms with Crippen LogP contribution in [0.5, 0.6) is 5.75 Å². The Balaban J connectivity index is 1.28. The average molecular weight is 474 g/mol. The minimum atomic E-state index is 0.0782. The molecule has 0 unspecified atom stereocenters. The van der Waals surface area contributed by atoms with Crippen molar-refractivity contribution in [3.63, 3.8) is 0 Å². The predicted molar refractivity (Wildman–Crippen MR) is 129 cm³/mol. The van der Waals surface area contributed by atoms with Crippen LogP contribution in [-0.4, -0.2) is 67.1 Å². The zero-order chi connectivity index (χ0) is 23.8. The number of aryl methyl sites for hydroxylation is 1. The maximum absolute atomic E-state index is 5.85. The summed E-state index contributed by atoms with van der Waals surface area (Å²) in [5.41, 5.74) is 4.09. The van der Waals surface area contributed by atoms with E-state index in [2.05, 4.69) is 40.2 Å². The van der Waals surface area contributed by atoms with Gasteiger partial charge in [0.1, 0.15) is 16.9 Å². The van der Waals surface area contributed by atoms with E-state index in [0.717, 1.165) is 36.1 Å². The van der Waals surface area contributed by atoms with Gasteiger partial charge in [0.2, 0.25) is 11.6 Å². The molecule has 1 aliphatic carbocycles. The molecule has 0 bridgehead atoms. The fourth-order valence-electron chi connectivity index (χ4n) is 4.76. The molecule has 4 aromatic rings. The molecule has 1 aliphatic heterocycles. The van der Waals surface area contributed by atoms with Gasteiger partial charge in [-0.2, -0.15) is 9.90 Å². The number of hydrogen-bond acceptors (Lipinski definition) is 10. The summed E-state index contributed by atoms with van der Waals surface area (Å²) in [7, 11) is 3.35. The lowest BCUT2D eigenvalue weighted by Gasteiger charge is -2.32. The summed E-state index contributed by atoms with van der Waals surface area (Å²) < 4.78 is 11.0. The summed E-state index contributed by atoms with van der Waals surface area (Å²) in [6.07, 6.45) is 10.4. The van der Waals surface area contributed by atoms with Crippen molar-refractivity contribution in [1.29, 1.82) is 0 Å². The first-order chi connectivity index (χ1) is 17.2. The third-order valence-corrected chi connectivity index (χ3v) is 6.68. The Morgan fingerprint density at radius 3 is 2.60 bits per heavy atom. The summed E-state index contributed by atoms with van der Waals surface area (Å²) in [6.45, 7) is 2.07. The molecule has 0 spiro atoms. The Bertz CT molecular complexity index is 1340. The molecule has 1 atom stereocenters. The van der Waals surface area contributed by atoms with E-state index in [4.69, 9.17) is 9.47 Å². The van der Waals surface area contributed by atoms with Gasteiger partial charge in [0.15, 0.2) is 12.5 Å². The molecule has 180 valence electrons. The summed E-state index contributed by atoms with van der Waals surface area (Å²) in [5.74, 6) is 2.85. The first-order valence-corrected chi connectivity index (χ1v) is 11.9. The van der Waals surface area contributed by atoms with Gasteiger partial charge in [0.25, 0.3) is 0 Å².